The van der Waals surface area contributed by atoms with Crippen LogP contribution in [0.25, 0.3) is 10.9 Å². The molecule has 5 N–H and O–H groups in total. The van der Waals surface area contributed by atoms with Gasteiger partial charge in [-0.05, 0) is 74.1 Å². The molecule has 2 fully saturated rings. The van der Waals surface area contributed by atoms with Gasteiger partial charge in [-0.2, -0.15) is 0 Å². The van der Waals surface area contributed by atoms with Crippen LogP contribution < -0.4 is 16.4 Å². The Balaban J connectivity index is 1.19. The van der Waals surface area contributed by atoms with Gasteiger partial charge in [-0.3, -0.25) is 14.4 Å². The van der Waals surface area contributed by atoms with Gasteiger partial charge >= 0.3 is 0 Å². The van der Waals surface area contributed by atoms with E-state index in [0.717, 1.165) is 73.4 Å². The van der Waals surface area contributed by atoms with Crippen molar-refractivity contribution in [2.75, 3.05) is 19.6 Å². The quantitative estimate of drug-likeness (QED) is 0.316. The molecule has 0 bridgehead atoms. The molecular weight excluding hydrogens is 538 g/mol. The molecule has 0 unspecified atom stereocenters. The zero-order chi connectivity index (χ0) is 30.0. The van der Waals surface area contributed by atoms with Crippen LogP contribution in [0.15, 0.2) is 54.7 Å². The van der Waals surface area contributed by atoms with Gasteiger partial charge in [0.15, 0.2) is 0 Å². The van der Waals surface area contributed by atoms with Crippen LogP contribution in [0, 0.1) is 5.92 Å². The van der Waals surface area contributed by atoms with Crippen LogP contribution in [0.2, 0.25) is 0 Å². The van der Waals surface area contributed by atoms with Crippen LogP contribution >= 0.6 is 0 Å². The van der Waals surface area contributed by atoms with Gasteiger partial charge in [-0.25, -0.2) is 0 Å². The molecule has 3 amide bonds. The topological polar surface area (TPSA) is 120 Å². The van der Waals surface area contributed by atoms with Crippen molar-refractivity contribution in [2.45, 2.75) is 88.1 Å². The van der Waals surface area contributed by atoms with Gasteiger partial charge in [0.1, 0.15) is 6.04 Å². The highest BCUT2D eigenvalue weighted by molar-refractivity contribution is 5.90. The van der Waals surface area contributed by atoms with E-state index in [0.29, 0.717) is 26.1 Å². The molecule has 1 spiro atoms. The number of nitrogens with two attached hydrogens (primary N) is 1. The van der Waals surface area contributed by atoms with Gasteiger partial charge in [0.05, 0.1) is 5.92 Å². The van der Waals surface area contributed by atoms with Crippen molar-refractivity contribution in [3.8, 4) is 0 Å². The molecule has 1 aliphatic heterocycles. The van der Waals surface area contributed by atoms with Crippen molar-refractivity contribution in [1.82, 2.24) is 20.5 Å². The fourth-order valence-electron chi connectivity index (χ4n) is 7.74. The number of nitrogens with zero attached hydrogens (tertiary/aromatic N) is 1. The van der Waals surface area contributed by atoms with E-state index in [4.69, 9.17) is 5.73 Å². The number of hydrogen-bond acceptors (Lipinski definition) is 4. The maximum absolute atomic E-state index is 14.2. The van der Waals surface area contributed by atoms with Crippen molar-refractivity contribution < 1.29 is 14.4 Å². The number of amides is 3. The SMILES string of the molecule is CCCNC(=O)[C@@H]1CC2(CCN(C(=O)[C@@H](Cc3c[nH]c4ccccc34)NC(=O)C3CCC(N)CC3)CC2)c2ccccc21. The number of aromatic nitrogens is 1. The maximum atomic E-state index is 14.2. The summed E-state index contributed by atoms with van der Waals surface area (Å²) in [5.41, 5.74) is 10.4. The van der Waals surface area contributed by atoms with Crippen LogP contribution in [-0.4, -0.2) is 59.3 Å². The Morgan fingerprint density at radius 3 is 2.49 bits per heavy atom. The number of nitrogens with one attached hydrogen (secondary N) is 3. The lowest BCUT2D eigenvalue weighted by atomic mass is 9.73. The number of para-hydroxylation sites is 1. The first-order valence-corrected chi connectivity index (χ1v) is 16.2. The minimum Gasteiger partial charge on any atom is -0.361 e. The summed E-state index contributed by atoms with van der Waals surface area (Å²) < 4.78 is 0. The van der Waals surface area contributed by atoms with E-state index in [1.807, 2.05) is 35.4 Å². The van der Waals surface area contributed by atoms with Gasteiger partial charge in [0, 0.05) is 60.5 Å². The lowest BCUT2D eigenvalue weighted by Gasteiger charge is -2.41. The molecule has 0 radical (unpaired) electrons. The average molecular weight is 584 g/mol. The van der Waals surface area contributed by atoms with Crippen molar-refractivity contribution in [3.05, 3.63) is 71.4 Å². The molecule has 43 heavy (non-hydrogen) atoms. The highest BCUT2D eigenvalue weighted by atomic mass is 16.2. The second-order valence-corrected chi connectivity index (χ2v) is 13.0. The molecule has 2 atom stereocenters. The van der Waals surface area contributed by atoms with E-state index >= 15 is 0 Å². The summed E-state index contributed by atoms with van der Waals surface area (Å²) in [5.74, 6) is -0.209. The molecule has 2 aromatic carbocycles. The Morgan fingerprint density at radius 2 is 1.72 bits per heavy atom. The van der Waals surface area contributed by atoms with Gasteiger partial charge in [0.25, 0.3) is 0 Å². The Morgan fingerprint density at radius 1 is 1.00 bits per heavy atom. The standard InChI is InChI=1S/C35H45N5O3/c1-2-17-37-33(42)28-21-35(29-9-5-3-8-27(28)29)15-18-40(19-16-35)34(43)31(39-32(41)23-11-13-25(36)14-12-23)20-24-22-38-30-10-6-4-7-26(24)30/h3-10,22-23,25,28,31,38H,2,11-21,36H2,1H3,(H,37,42)(H,39,41)/t23?,25?,28-,31-/m1/s1. The number of hydrogen-bond donors (Lipinski definition) is 4. The summed E-state index contributed by atoms with van der Waals surface area (Å²) in [6.45, 7) is 3.96. The van der Waals surface area contributed by atoms with E-state index < -0.39 is 6.04 Å². The molecule has 1 saturated heterocycles. The number of carbonyl (C=O) groups excluding carboxylic acids is 3. The van der Waals surface area contributed by atoms with E-state index in [9.17, 15) is 14.4 Å². The largest absolute Gasteiger partial charge is 0.361 e. The van der Waals surface area contributed by atoms with Crippen molar-refractivity contribution >= 4 is 28.6 Å². The molecule has 2 heterocycles. The highest BCUT2D eigenvalue weighted by Gasteiger charge is 2.48. The van der Waals surface area contributed by atoms with Crippen molar-refractivity contribution in [2.24, 2.45) is 11.7 Å². The first-order chi connectivity index (χ1) is 20.9. The van der Waals surface area contributed by atoms with Gasteiger partial charge in [-0.15, -0.1) is 0 Å². The third-order valence-corrected chi connectivity index (χ3v) is 10.3. The first-order valence-electron chi connectivity index (χ1n) is 16.2. The molecule has 8 heteroatoms. The Bertz CT molecular complexity index is 1460. The summed E-state index contributed by atoms with van der Waals surface area (Å²) in [6.07, 6.45) is 8.91. The van der Waals surface area contributed by atoms with Gasteiger partial charge in [-0.1, -0.05) is 49.4 Å². The lowest BCUT2D eigenvalue weighted by molar-refractivity contribution is -0.139. The second-order valence-electron chi connectivity index (χ2n) is 13.0. The zero-order valence-electron chi connectivity index (χ0n) is 25.2. The molecule has 228 valence electrons. The van der Waals surface area contributed by atoms with Crippen LogP contribution in [0.3, 0.4) is 0 Å². The van der Waals surface area contributed by atoms with Crippen LogP contribution in [0.4, 0.5) is 0 Å². The van der Waals surface area contributed by atoms with E-state index in [-0.39, 0.29) is 41.0 Å². The number of rotatable bonds is 8. The van der Waals surface area contributed by atoms with E-state index in [2.05, 4.69) is 46.8 Å². The first kappa shape index (κ1) is 29.4. The summed E-state index contributed by atoms with van der Waals surface area (Å²) in [5, 5.41) is 7.36. The number of likely N-dealkylation sites (tertiary alicyclic amines) is 1. The number of fused-ring (bicyclic) bond motifs is 3. The monoisotopic (exact) mass is 583 g/mol. The molecule has 1 aromatic heterocycles. The fraction of sp³-hybridized carbons (Fsp3) is 0.514. The normalized spacial score (nSPS) is 23.6. The van der Waals surface area contributed by atoms with E-state index in [1.54, 1.807) is 0 Å². The number of piperidine rings is 1. The van der Waals surface area contributed by atoms with Crippen LogP contribution in [0.5, 0.6) is 0 Å². The molecule has 3 aromatic rings. The smallest absolute Gasteiger partial charge is 0.245 e. The molecular formula is C35H45N5O3. The molecule has 6 rings (SSSR count). The third kappa shape index (κ3) is 5.94. The minimum atomic E-state index is -0.639. The van der Waals surface area contributed by atoms with Crippen molar-refractivity contribution in [1.29, 1.82) is 0 Å². The Labute approximate surface area is 254 Å². The summed E-state index contributed by atoms with van der Waals surface area (Å²) in [7, 11) is 0. The predicted octanol–water partition coefficient (Wildman–Crippen LogP) is 4.29. The Kier molecular flexibility index (Phi) is 8.57. The van der Waals surface area contributed by atoms with Gasteiger partial charge < -0.3 is 26.3 Å². The van der Waals surface area contributed by atoms with E-state index in [1.165, 1.54) is 5.56 Å². The highest BCUT2D eigenvalue weighted by Crippen LogP contribution is 2.51. The molecule has 2 aliphatic carbocycles. The molecule has 8 nitrogen and oxygen atoms in total. The average Bonchev–Trinajstić information content (AvgIpc) is 3.59. The zero-order valence-corrected chi connectivity index (χ0v) is 25.2. The number of H-pyrrole nitrogens is 1. The predicted molar refractivity (Wildman–Crippen MR) is 168 cm³/mol. The van der Waals surface area contributed by atoms with Gasteiger partial charge in [0.2, 0.25) is 17.7 Å². The maximum Gasteiger partial charge on any atom is 0.245 e. The second kappa shape index (κ2) is 12.5. The summed E-state index contributed by atoms with van der Waals surface area (Å²) in [4.78, 5) is 46.0. The summed E-state index contributed by atoms with van der Waals surface area (Å²) >= 11 is 0. The Hall–Kier alpha value is -3.65. The molecule has 1 saturated carbocycles. The summed E-state index contributed by atoms with van der Waals surface area (Å²) in [6, 6.07) is 16.0. The van der Waals surface area contributed by atoms with Crippen LogP contribution in [-0.2, 0) is 26.2 Å². The number of aromatic amines is 1. The van der Waals surface area contributed by atoms with Crippen LogP contribution in [0.1, 0.15) is 80.9 Å². The van der Waals surface area contributed by atoms with Crippen molar-refractivity contribution in [3.63, 3.8) is 0 Å². The lowest BCUT2D eigenvalue weighted by Crippen LogP contribution is -2.54. The minimum absolute atomic E-state index is 0.0236. The third-order valence-electron chi connectivity index (χ3n) is 10.3. The molecule has 3 aliphatic rings. The number of benzene rings is 2. The fourth-order valence-corrected chi connectivity index (χ4v) is 7.74. The number of carbonyl (C=O) groups is 3.